The lowest BCUT2D eigenvalue weighted by Gasteiger charge is -2.06. The molecule has 3 aromatic carbocycles. The molecule has 0 saturated heterocycles. The van der Waals surface area contributed by atoms with Gasteiger partial charge in [-0.05, 0) is 80.8 Å². The standard InChI is InChI=1S/C29H26FN3O2/c1-17-12-19(3)27-24(13-17)20(4)28(35-27)29(34)31-15-22-16-33(23-8-6-5-7-9-23)32-26(22)21-10-11-25(30)18(2)14-21/h5-14,16H,15H2,1-4H3,(H,31,34). The highest BCUT2D eigenvalue weighted by atomic mass is 19.1. The van der Waals surface area contributed by atoms with Crippen LogP contribution >= 0.6 is 0 Å². The fraction of sp³-hybridized carbons (Fsp3) is 0.172. The van der Waals surface area contributed by atoms with E-state index in [-0.39, 0.29) is 18.3 Å². The molecule has 35 heavy (non-hydrogen) atoms. The summed E-state index contributed by atoms with van der Waals surface area (Å²) in [5, 5.41) is 8.71. The van der Waals surface area contributed by atoms with Crippen molar-refractivity contribution >= 4 is 16.9 Å². The third-order valence-electron chi connectivity index (χ3n) is 6.26. The number of nitrogens with one attached hydrogen (secondary N) is 1. The number of fused-ring (bicyclic) bond motifs is 1. The van der Waals surface area contributed by atoms with Gasteiger partial charge < -0.3 is 9.73 Å². The minimum Gasteiger partial charge on any atom is -0.450 e. The van der Waals surface area contributed by atoms with Crippen LogP contribution in [0.2, 0.25) is 0 Å². The van der Waals surface area contributed by atoms with Gasteiger partial charge in [0.1, 0.15) is 11.4 Å². The molecule has 6 heteroatoms. The molecule has 0 aliphatic carbocycles. The van der Waals surface area contributed by atoms with E-state index in [1.807, 2.05) is 69.4 Å². The van der Waals surface area contributed by atoms with Crippen molar-refractivity contribution in [3.63, 3.8) is 0 Å². The van der Waals surface area contributed by atoms with Crippen LogP contribution in [0.15, 0.2) is 71.3 Å². The number of hydrogen-bond donors (Lipinski definition) is 1. The number of aryl methyl sites for hydroxylation is 4. The maximum Gasteiger partial charge on any atom is 0.287 e. The fourth-order valence-corrected chi connectivity index (χ4v) is 4.43. The summed E-state index contributed by atoms with van der Waals surface area (Å²) < 4.78 is 21.7. The number of carbonyl (C=O) groups excluding carboxylic acids is 1. The number of hydrogen-bond acceptors (Lipinski definition) is 3. The third-order valence-corrected chi connectivity index (χ3v) is 6.26. The Morgan fingerprint density at radius 2 is 1.77 bits per heavy atom. The molecule has 5 nitrogen and oxygen atoms in total. The maximum atomic E-state index is 13.9. The Labute approximate surface area is 203 Å². The zero-order valence-corrected chi connectivity index (χ0v) is 20.1. The molecule has 0 radical (unpaired) electrons. The number of nitrogens with zero attached hydrogens (tertiary/aromatic N) is 2. The molecule has 0 fully saturated rings. The van der Waals surface area contributed by atoms with Gasteiger partial charge in [-0.1, -0.05) is 24.3 Å². The van der Waals surface area contributed by atoms with Crippen molar-refractivity contribution in [2.75, 3.05) is 0 Å². The van der Waals surface area contributed by atoms with Crippen LogP contribution < -0.4 is 5.32 Å². The summed E-state index contributed by atoms with van der Waals surface area (Å²) in [6, 6.07) is 18.7. The van der Waals surface area contributed by atoms with Crippen LogP contribution in [0.1, 0.15) is 38.4 Å². The van der Waals surface area contributed by atoms with E-state index < -0.39 is 0 Å². The quantitative estimate of drug-likeness (QED) is 0.317. The topological polar surface area (TPSA) is 60.1 Å². The monoisotopic (exact) mass is 467 g/mol. The largest absolute Gasteiger partial charge is 0.450 e. The van der Waals surface area contributed by atoms with E-state index in [0.29, 0.717) is 17.0 Å². The molecule has 1 N–H and O–H groups in total. The highest BCUT2D eigenvalue weighted by Gasteiger charge is 2.20. The summed E-state index contributed by atoms with van der Waals surface area (Å²) >= 11 is 0. The van der Waals surface area contributed by atoms with Crippen molar-refractivity contribution in [2.45, 2.75) is 34.2 Å². The molecule has 0 bridgehead atoms. The van der Waals surface area contributed by atoms with Gasteiger partial charge in [-0.3, -0.25) is 4.79 Å². The number of para-hydroxylation sites is 1. The Hall–Kier alpha value is -4.19. The molecule has 176 valence electrons. The molecule has 2 heterocycles. The summed E-state index contributed by atoms with van der Waals surface area (Å²) in [6.07, 6.45) is 1.89. The average molecular weight is 468 g/mol. The van der Waals surface area contributed by atoms with E-state index in [4.69, 9.17) is 9.52 Å². The lowest BCUT2D eigenvalue weighted by molar-refractivity contribution is 0.0924. The van der Waals surface area contributed by atoms with Crippen molar-refractivity contribution < 1.29 is 13.6 Å². The highest BCUT2D eigenvalue weighted by molar-refractivity contribution is 5.99. The van der Waals surface area contributed by atoms with Gasteiger partial charge in [0.05, 0.1) is 11.4 Å². The molecule has 0 atom stereocenters. The second-order valence-electron chi connectivity index (χ2n) is 8.94. The number of aromatic nitrogens is 2. The summed E-state index contributed by atoms with van der Waals surface area (Å²) in [7, 11) is 0. The van der Waals surface area contributed by atoms with Gasteiger partial charge in [-0.2, -0.15) is 5.10 Å². The zero-order chi connectivity index (χ0) is 24.7. The Morgan fingerprint density at radius 1 is 1.00 bits per heavy atom. The number of furan rings is 1. The van der Waals surface area contributed by atoms with E-state index in [9.17, 15) is 9.18 Å². The number of carbonyl (C=O) groups is 1. The van der Waals surface area contributed by atoms with E-state index in [1.54, 1.807) is 23.7 Å². The van der Waals surface area contributed by atoms with Gasteiger partial charge in [0.2, 0.25) is 0 Å². The molecule has 5 rings (SSSR count). The first-order valence-corrected chi connectivity index (χ1v) is 11.5. The van der Waals surface area contributed by atoms with E-state index in [1.165, 1.54) is 6.07 Å². The van der Waals surface area contributed by atoms with Gasteiger partial charge in [0, 0.05) is 34.8 Å². The van der Waals surface area contributed by atoms with Gasteiger partial charge in [-0.25, -0.2) is 9.07 Å². The normalized spacial score (nSPS) is 11.2. The molecule has 5 aromatic rings. The van der Waals surface area contributed by atoms with Crippen molar-refractivity contribution in [3.8, 4) is 16.9 Å². The van der Waals surface area contributed by atoms with Crippen LogP contribution in [0.5, 0.6) is 0 Å². The molecule has 1 amide bonds. The second-order valence-corrected chi connectivity index (χ2v) is 8.94. The molecule has 2 aromatic heterocycles. The first kappa shape index (κ1) is 22.6. The summed E-state index contributed by atoms with van der Waals surface area (Å²) in [5.74, 6) is -0.246. The summed E-state index contributed by atoms with van der Waals surface area (Å²) in [5.41, 5.74) is 7.39. The molecular formula is C29H26FN3O2. The van der Waals surface area contributed by atoms with Crippen LogP contribution in [0.3, 0.4) is 0 Å². The van der Waals surface area contributed by atoms with Gasteiger partial charge in [0.15, 0.2) is 5.76 Å². The second kappa shape index (κ2) is 8.87. The lowest BCUT2D eigenvalue weighted by atomic mass is 10.0. The Bertz CT molecular complexity index is 1560. The van der Waals surface area contributed by atoms with Gasteiger partial charge in [-0.15, -0.1) is 0 Å². The molecule has 0 unspecified atom stereocenters. The Morgan fingerprint density at radius 3 is 2.51 bits per heavy atom. The van der Waals surface area contributed by atoms with Gasteiger partial charge in [0.25, 0.3) is 5.91 Å². The zero-order valence-electron chi connectivity index (χ0n) is 20.1. The predicted octanol–water partition coefficient (Wildman–Crippen LogP) is 6.59. The SMILES string of the molecule is Cc1cc(C)c2oc(C(=O)NCc3cn(-c4ccccc4)nc3-c3ccc(F)c(C)c3)c(C)c2c1. The van der Waals surface area contributed by atoms with Crippen LogP contribution in [-0.2, 0) is 6.54 Å². The smallest absolute Gasteiger partial charge is 0.287 e. The fourth-order valence-electron chi connectivity index (χ4n) is 4.43. The Balaban J connectivity index is 1.49. The molecule has 0 aliphatic rings. The summed E-state index contributed by atoms with van der Waals surface area (Å²) in [4.78, 5) is 13.1. The minimum absolute atomic E-state index is 0.242. The van der Waals surface area contributed by atoms with Crippen LogP contribution in [0, 0.1) is 33.5 Å². The first-order chi connectivity index (χ1) is 16.8. The molecule has 0 spiro atoms. The molecular weight excluding hydrogens is 441 g/mol. The first-order valence-electron chi connectivity index (χ1n) is 11.5. The maximum absolute atomic E-state index is 13.9. The predicted molar refractivity (Wildman–Crippen MR) is 135 cm³/mol. The average Bonchev–Trinajstić information content (AvgIpc) is 3.42. The number of benzene rings is 3. The summed E-state index contributed by atoms with van der Waals surface area (Å²) in [6.45, 7) is 7.88. The lowest BCUT2D eigenvalue weighted by Crippen LogP contribution is -2.23. The van der Waals surface area contributed by atoms with Crippen molar-refractivity contribution in [3.05, 3.63) is 106 Å². The third kappa shape index (κ3) is 4.23. The number of rotatable bonds is 5. The Kier molecular flexibility index (Phi) is 5.73. The van der Waals surface area contributed by atoms with Crippen molar-refractivity contribution in [1.29, 1.82) is 0 Å². The minimum atomic E-state index is -0.288. The van der Waals surface area contributed by atoms with Crippen LogP contribution in [0.25, 0.3) is 27.9 Å². The number of halogens is 1. The molecule has 0 aliphatic heterocycles. The highest BCUT2D eigenvalue weighted by Crippen LogP contribution is 2.30. The van der Waals surface area contributed by atoms with Crippen molar-refractivity contribution in [1.82, 2.24) is 15.1 Å². The van der Waals surface area contributed by atoms with E-state index in [0.717, 1.165) is 44.5 Å². The van der Waals surface area contributed by atoms with Crippen LogP contribution in [0.4, 0.5) is 4.39 Å². The van der Waals surface area contributed by atoms with Crippen molar-refractivity contribution in [2.24, 2.45) is 0 Å². The van der Waals surface area contributed by atoms with Crippen LogP contribution in [-0.4, -0.2) is 15.7 Å². The van der Waals surface area contributed by atoms with E-state index in [2.05, 4.69) is 5.32 Å². The van der Waals surface area contributed by atoms with Gasteiger partial charge >= 0.3 is 0 Å². The number of amides is 1. The van der Waals surface area contributed by atoms with E-state index >= 15 is 0 Å². The molecule has 0 saturated carbocycles.